The number of carbonyl (C=O) groups excluding carboxylic acids is 2. The molecule has 5 heteroatoms. The van der Waals surface area contributed by atoms with Crippen LogP contribution < -0.4 is 0 Å². The lowest BCUT2D eigenvalue weighted by molar-refractivity contribution is -0.112. The molecule has 0 radical (unpaired) electrons. The van der Waals surface area contributed by atoms with Crippen molar-refractivity contribution in [2.75, 3.05) is 19.6 Å². The molecule has 0 aromatic heterocycles. The van der Waals surface area contributed by atoms with Crippen LogP contribution in [0.1, 0.15) is 27.2 Å². The predicted molar refractivity (Wildman–Crippen MR) is 62.8 cm³/mol. The van der Waals surface area contributed by atoms with Crippen molar-refractivity contribution in [2.45, 2.75) is 44.9 Å². The minimum atomic E-state index is -0.441. The lowest BCUT2D eigenvalue weighted by Crippen LogP contribution is -2.70. The van der Waals surface area contributed by atoms with Crippen molar-refractivity contribution in [3.8, 4) is 0 Å². The summed E-state index contributed by atoms with van der Waals surface area (Å²) >= 11 is 0. The fourth-order valence-electron chi connectivity index (χ4n) is 2.56. The number of piperidine rings is 1. The Balaban J connectivity index is 1.90. The van der Waals surface area contributed by atoms with Crippen LogP contribution in [-0.2, 0) is 9.53 Å². The number of hydrogen-bond acceptors (Lipinski definition) is 4. The van der Waals surface area contributed by atoms with Gasteiger partial charge in [-0.2, -0.15) is 0 Å². The highest BCUT2D eigenvalue weighted by molar-refractivity contribution is 5.70. The Morgan fingerprint density at radius 2 is 1.94 bits per heavy atom. The van der Waals surface area contributed by atoms with E-state index in [1.807, 2.05) is 25.7 Å². The van der Waals surface area contributed by atoms with E-state index in [0.717, 1.165) is 25.8 Å². The molecule has 2 atom stereocenters. The zero-order chi connectivity index (χ0) is 12.6. The van der Waals surface area contributed by atoms with E-state index in [-0.39, 0.29) is 18.2 Å². The molecule has 0 saturated carbocycles. The van der Waals surface area contributed by atoms with Gasteiger partial charge in [0.25, 0.3) is 0 Å². The van der Waals surface area contributed by atoms with Gasteiger partial charge in [0.15, 0.2) is 0 Å². The van der Waals surface area contributed by atoms with Gasteiger partial charge in [0, 0.05) is 13.1 Å². The van der Waals surface area contributed by atoms with Gasteiger partial charge in [0.2, 0.25) is 0 Å². The summed E-state index contributed by atoms with van der Waals surface area (Å²) in [5.74, 6) is 0. The van der Waals surface area contributed by atoms with Crippen LogP contribution >= 0.6 is 0 Å². The van der Waals surface area contributed by atoms with Crippen LogP contribution in [-0.4, -0.2) is 59.5 Å². The maximum absolute atomic E-state index is 11.9. The van der Waals surface area contributed by atoms with Gasteiger partial charge >= 0.3 is 6.09 Å². The third-order valence-electron chi connectivity index (χ3n) is 3.21. The summed E-state index contributed by atoms with van der Waals surface area (Å²) in [5.41, 5.74) is -0.441. The minimum absolute atomic E-state index is 0.218. The standard InChI is InChI=1S/C12H20N2O3/c1-12(2,3)17-11(16)14-9-6-10(14)8-13(7-9)4-5-15/h5,9-10H,4,6-8H2,1-3H3. The van der Waals surface area contributed by atoms with Gasteiger partial charge in [0.05, 0.1) is 18.6 Å². The highest BCUT2D eigenvalue weighted by Gasteiger charge is 2.48. The normalized spacial score (nSPS) is 28.5. The van der Waals surface area contributed by atoms with E-state index in [2.05, 4.69) is 4.90 Å². The Morgan fingerprint density at radius 3 is 2.41 bits per heavy atom. The quantitative estimate of drug-likeness (QED) is 0.672. The fraction of sp³-hybridized carbons (Fsp3) is 0.833. The lowest BCUT2D eigenvalue weighted by Gasteiger charge is -2.55. The summed E-state index contributed by atoms with van der Waals surface area (Å²) in [4.78, 5) is 26.3. The van der Waals surface area contributed by atoms with Gasteiger partial charge in [0.1, 0.15) is 11.9 Å². The van der Waals surface area contributed by atoms with Crippen LogP contribution in [0.5, 0.6) is 0 Å². The molecule has 3 aliphatic heterocycles. The Morgan fingerprint density at radius 1 is 1.35 bits per heavy atom. The lowest BCUT2D eigenvalue weighted by atomic mass is 9.88. The third kappa shape index (κ3) is 2.60. The number of ether oxygens (including phenoxy) is 1. The average Bonchev–Trinajstić information content (AvgIpc) is 2.14. The number of amides is 1. The van der Waals surface area contributed by atoms with Crippen LogP contribution in [0.25, 0.3) is 0 Å². The van der Waals surface area contributed by atoms with Gasteiger partial charge in [-0.1, -0.05) is 0 Å². The van der Waals surface area contributed by atoms with E-state index in [4.69, 9.17) is 4.74 Å². The summed E-state index contributed by atoms with van der Waals surface area (Å²) in [6.07, 6.45) is 1.74. The van der Waals surface area contributed by atoms with E-state index < -0.39 is 5.60 Å². The van der Waals surface area contributed by atoms with Crippen molar-refractivity contribution in [1.29, 1.82) is 0 Å². The molecule has 3 aliphatic rings. The molecule has 3 saturated heterocycles. The number of hydrogen-bond donors (Lipinski definition) is 0. The molecule has 3 rings (SSSR count). The van der Waals surface area contributed by atoms with Gasteiger partial charge < -0.3 is 9.53 Å². The topological polar surface area (TPSA) is 49.9 Å². The number of fused-ring (bicyclic) bond motifs is 2. The highest BCUT2D eigenvalue weighted by atomic mass is 16.6. The SMILES string of the molecule is CC(C)(C)OC(=O)N1C2CC1CN(CC=O)C2. The van der Waals surface area contributed by atoms with Gasteiger partial charge in [-0.3, -0.25) is 9.80 Å². The van der Waals surface area contributed by atoms with E-state index >= 15 is 0 Å². The van der Waals surface area contributed by atoms with E-state index in [1.54, 1.807) is 0 Å². The van der Waals surface area contributed by atoms with Gasteiger partial charge in [-0.25, -0.2) is 4.79 Å². The van der Waals surface area contributed by atoms with Crippen molar-refractivity contribution in [2.24, 2.45) is 0 Å². The van der Waals surface area contributed by atoms with Crippen LogP contribution in [0.15, 0.2) is 0 Å². The number of piperazine rings is 1. The third-order valence-corrected chi connectivity index (χ3v) is 3.21. The van der Waals surface area contributed by atoms with Crippen LogP contribution in [0.4, 0.5) is 4.79 Å². The largest absolute Gasteiger partial charge is 0.444 e. The van der Waals surface area contributed by atoms with E-state index in [0.29, 0.717) is 6.54 Å². The molecule has 0 N–H and O–H groups in total. The molecule has 2 bridgehead atoms. The van der Waals surface area contributed by atoms with Crippen molar-refractivity contribution in [3.05, 3.63) is 0 Å². The first-order chi connectivity index (χ1) is 7.90. The molecule has 5 nitrogen and oxygen atoms in total. The second kappa shape index (κ2) is 4.29. The Bertz CT molecular complexity index is 312. The van der Waals surface area contributed by atoms with Crippen molar-refractivity contribution in [3.63, 3.8) is 0 Å². The van der Waals surface area contributed by atoms with Gasteiger partial charge in [-0.05, 0) is 27.2 Å². The summed E-state index contributed by atoms with van der Waals surface area (Å²) < 4.78 is 5.37. The molecule has 96 valence electrons. The second-order valence-corrected chi connectivity index (χ2v) is 5.82. The Labute approximate surface area is 102 Å². The van der Waals surface area contributed by atoms with Crippen LogP contribution in [0.2, 0.25) is 0 Å². The molecule has 0 aromatic rings. The summed E-state index contributed by atoms with van der Waals surface area (Å²) in [6.45, 7) is 7.66. The number of rotatable bonds is 2. The Hall–Kier alpha value is -1.10. The summed E-state index contributed by atoms with van der Waals surface area (Å²) in [7, 11) is 0. The van der Waals surface area contributed by atoms with Gasteiger partial charge in [-0.15, -0.1) is 0 Å². The predicted octanol–water partition coefficient (Wildman–Crippen LogP) is 0.879. The zero-order valence-electron chi connectivity index (χ0n) is 10.7. The summed E-state index contributed by atoms with van der Waals surface area (Å²) in [6, 6.07) is 0.451. The molecule has 17 heavy (non-hydrogen) atoms. The molecule has 2 unspecified atom stereocenters. The van der Waals surface area contributed by atoms with Crippen molar-refractivity contribution >= 4 is 12.4 Å². The van der Waals surface area contributed by atoms with Crippen LogP contribution in [0, 0.1) is 0 Å². The molecule has 0 aromatic carbocycles. The molecule has 0 spiro atoms. The molecule has 1 amide bonds. The molecular weight excluding hydrogens is 220 g/mol. The number of nitrogens with zero attached hydrogens (tertiary/aromatic N) is 2. The molecular formula is C12H20N2O3. The fourth-order valence-corrected chi connectivity index (χ4v) is 2.56. The van der Waals surface area contributed by atoms with Crippen molar-refractivity contribution < 1.29 is 14.3 Å². The average molecular weight is 240 g/mol. The molecule has 0 aliphatic carbocycles. The first-order valence-corrected chi connectivity index (χ1v) is 6.08. The maximum atomic E-state index is 11.9. The maximum Gasteiger partial charge on any atom is 0.410 e. The smallest absolute Gasteiger partial charge is 0.410 e. The van der Waals surface area contributed by atoms with E-state index in [9.17, 15) is 9.59 Å². The second-order valence-electron chi connectivity index (χ2n) is 5.82. The first kappa shape index (κ1) is 12.4. The van der Waals surface area contributed by atoms with Crippen molar-refractivity contribution in [1.82, 2.24) is 9.80 Å². The molecule has 3 fully saturated rings. The van der Waals surface area contributed by atoms with E-state index in [1.165, 1.54) is 0 Å². The highest BCUT2D eigenvalue weighted by Crippen LogP contribution is 2.33. The summed E-state index contributed by atoms with van der Waals surface area (Å²) in [5, 5.41) is 0. The number of aldehydes is 1. The minimum Gasteiger partial charge on any atom is -0.444 e. The Kier molecular flexibility index (Phi) is 3.12. The molecule has 3 heterocycles. The number of carbonyl (C=O) groups is 2. The first-order valence-electron chi connectivity index (χ1n) is 6.08. The van der Waals surface area contributed by atoms with Crippen LogP contribution in [0.3, 0.4) is 0 Å². The zero-order valence-corrected chi connectivity index (χ0v) is 10.7. The monoisotopic (exact) mass is 240 g/mol.